The van der Waals surface area contributed by atoms with E-state index in [1.165, 1.54) is 11.0 Å². The van der Waals surface area contributed by atoms with Gasteiger partial charge in [-0.05, 0) is 43.0 Å². The number of carboxylic acid groups (broad SMARTS) is 1. The summed E-state index contributed by atoms with van der Waals surface area (Å²) in [6.07, 6.45) is -2.46. The molecule has 1 N–H and O–H groups in total. The zero-order chi connectivity index (χ0) is 21.4. The Bertz CT molecular complexity index is 909. The summed E-state index contributed by atoms with van der Waals surface area (Å²) in [5, 5.41) is 9.12. The Labute approximate surface area is 171 Å². The maximum atomic E-state index is 12.7. The van der Waals surface area contributed by atoms with Crippen molar-refractivity contribution in [2.75, 3.05) is 19.7 Å². The molecule has 1 atom stereocenters. The zero-order valence-corrected chi connectivity index (χ0v) is 16.1. The molecule has 0 radical (unpaired) electrons. The van der Waals surface area contributed by atoms with Gasteiger partial charge in [0.1, 0.15) is 5.75 Å². The maximum absolute atomic E-state index is 12.7. The first kappa shape index (κ1) is 20.5. The van der Waals surface area contributed by atoms with E-state index in [1.54, 1.807) is 6.07 Å². The Balaban J connectivity index is 1.41. The van der Waals surface area contributed by atoms with Gasteiger partial charge in [-0.1, -0.05) is 12.1 Å². The Morgan fingerprint density at radius 1 is 1.23 bits per heavy atom. The van der Waals surface area contributed by atoms with Crippen LogP contribution in [0, 0.1) is 0 Å². The molecule has 3 heterocycles. The lowest BCUT2D eigenvalue weighted by atomic mass is 9.83. The van der Waals surface area contributed by atoms with Gasteiger partial charge in [-0.2, -0.15) is 13.2 Å². The number of hydrogen-bond acceptors (Lipinski definition) is 4. The quantitative estimate of drug-likeness (QED) is 0.761. The summed E-state index contributed by atoms with van der Waals surface area (Å²) >= 11 is 0. The molecule has 4 rings (SSSR count). The summed E-state index contributed by atoms with van der Waals surface area (Å²) in [6.45, 7) is 1.46. The number of alkyl halides is 3. The molecule has 2 aromatic rings. The van der Waals surface area contributed by atoms with Gasteiger partial charge in [0, 0.05) is 31.3 Å². The Kier molecular flexibility index (Phi) is 5.31. The topological polar surface area (TPSA) is 71.9 Å². The number of halogens is 3. The minimum Gasteiger partial charge on any atom is -0.465 e. The number of carbonyl (C=O) groups is 1. The lowest BCUT2D eigenvalue weighted by Gasteiger charge is -2.37. The number of hydrogen-bond donors (Lipinski definition) is 1. The molecule has 1 spiro atoms. The molecule has 1 aromatic carbocycles. The van der Waals surface area contributed by atoms with E-state index in [1.807, 2.05) is 18.2 Å². The van der Waals surface area contributed by atoms with E-state index < -0.39 is 17.8 Å². The van der Waals surface area contributed by atoms with Crippen LogP contribution < -0.4 is 4.74 Å². The number of likely N-dealkylation sites (tertiary alicyclic amines) is 1. The minimum absolute atomic E-state index is 0.0836. The van der Waals surface area contributed by atoms with Gasteiger partial charge in [-0.25, -0.2) is 9.78 Å². The van der Waals surface area contributed by atoms with Crippen LogP contribution in [0.2, 0.25) is 0 Å². The van der Waals surface area contributed by atoms with Crippen molar-refractivity contribution in [3.05, 3.63) is 53.7 Å². The number of aromatic nitrogens is 1. The molecular formula is C21H21F3N2O4. The molecule has 2 aliphatic rings. The summed E-state index contributed by atoms with van der Waals surface area (Å²) < 4.78 is 49.7. The predicted octanol–water partition coefficient (Wildman–Crippen LogP) is 4.91. The molecule has 0 aliphatic carbocycles. The van der Waals surface area contributed by atoms with Crippen LogP contribution in [0.4, 0.5) is 18.0 Å². The van der Waals surface area contributed by atoms with Gasteiger partial charge >= 0.3 is 12.3 Å². The molecule has 0 bridgehead atoms. The molecule has 2 fully saturated rings. The average molecular weight is 422 g/mol. The minimum atomic E-state index is -4.44. The van der Waals surface area contributed by atoms with Crippen molar-refractivity contribution in [2.45, 2.75) is 37.0 Å². The summed E-state index contributed by atoms with van der Waals surface area (Å²) in [6, 6.07) is 9.49. The number of ether oxygens (including phenoxy) is 2. The van der Waals surface area contributed by atoms with Crippen molar-refractivity contribution in [3.8, 4) is 11.6 Å². The molecule has 9 heteroatoms. The van der Waals surface area contributed by atoms with Crippen LogP contribution in [-0.2, 0) is 10.9 Å². The normalized spacial score (nSPS) is 21.0. The molecule has 160 valence electrons. The van der Waals surface area contributed by atoms with Crippen molar-refractivity contribution in [2.24, 2.45) is 0 Å². The Morgan fingerprint density at radius 3 is 2.63 bits per heavy atom. The third kappa shape index (κ3) is 4.35. The first-order chi connectivity index (χ1) is 14.2. The van der Waals surface area contributed by atoms with Gasteiger partial charge < -0.3 is 19.5 Å². The highest BCUT2D eigenvalue weighted by Gasteiger charge is 2.43. The molecule has 1 aromatic heterocycles. The lowest BCUT2D eigenvalue weighted by molar-refractivity contribution is -0.137. The van der Waals surface area contributed by atoms with Crippen LogP contribution in [0.15, 0.2) is 42.6 Å². The number of benzene rings is 1. The van der Waals surface area contributed by atoms with Crippen LogP contribution in [0.3, 0.4) is 0 Å². The largest absolute Gasteiger partial charge is 0.465 e. The summed E-state index contributed by atoms with van der Waals surface area (Å²) in [5.41, 5.74) is -0.120. The summed E-state index contributed by atoms with van der Waals surface area (Å²) in [4.78, 5) is 16.3. The Morgan fingerprint density at radius 2 is 2.00 bits per heavy atom. The first-order valence-corrected chi connectivity index (χ1v) is 9.67. The molecule has 2 saturated heterocycles. The van der Waals surface area contributed by atoms with E-state index in [-0.39, 0.29) is 17.4 Å². The standard InChI is InChI=1S/C21H21F3N2O4/c22-21(23,24)16-4-5-18(25-12-16)30-17-3-1-2-14(10-17)15-11-20(29-13-15)6-8-26(9-7-20)19(27)28/h1-5,10,12,15H,6-9,11,13H2,(H,27,28)/t15-/m0/s1. The first-order valence-electron chi connectivity index (χ1n) is 9.67. The molecule has 2 aliphatic heterocycles. The molecule has 0 saturated carbocycles. The molecule has 6 nitrogen and oxygen atoms in total. The lowest BCUT2D eigenvalue weighted by Crippen LogP contribution is -2.45. The predicted molar refractivity (Wildman–Crippen MR) is 101 cm³/mol. The van der Waals surface area contributed by atoms with E-state index in [9.17, 15) is 18.0 Å². The number of amides is 1. The number of piperidine rings is 1. The second kappa shape index (κ2) is 7.79. The highest BCUT2D eigenvalue weighted by Crippen LogP contribution is 2.43. The molecule has 0 unspecified atom stereocenters. The highest BCUT2D eigenvalue weighted by atomic mass is 19.4. The van der Waals surface area contributed by atoms with Crippen LogP contribution in [0.1, 0.15) is 36.3 Å². The second-order valence-corrected chi connectivity index (χ2v) is 7.72. The summed E-state index contributed by atoms with van der Waals surface area (Å²) in [5.74, 6) is 0.715. The van der Waals surface area contributed by atoms with Crippen molar-refractivity contribution in [1.29, 1.82) is 0 Å². The molecular weight excluding hydrogens is 401 g/mol. The average Bonchev–Trinajstić information content (AvgIpc) is 3.12. The van der Waals surface area contributed by atoms with Crippen molar-refractivity contribution in [3.63, 3.8) is 0 Å². The number of pyridine rings is 1. The molecule has 30 heavy (non-hydrogen) atoms. The highest BCUT2D eigenvalue weighted by molar-refractivity contribution is 5.65. The van der Waals surface area contributed by atoms with Gasteiger partial charge in [-0.3, -0.25) is 0 Å². The fourth-order valence-electron chi connectivity index (χ4n) is 4.07. The van der Waals surface area contributed by atoms with E-state index in [0.717, 1.165) is 24.2 Å². The van der Waals surface area contributed by atoms with E-state index in [0.29, 0.717) is 38.3 Å². The van der Waals surface area contributed by atoms with Crippen molar-refractivity contribution < 1.29 is 32.5 Å². The van der Waals surface area contributed by atoms with Crippen LogP contribution in [-0.4, -0.2) is 46.4 Å². The van der Waals surface area contributed by atoms with E-state index in [2.05, 4.69) is 4.98 Å². The van der Waals surface area contributed by atoms with Crippen LogP contribution in [0.25, 0.3) is 0 Å². The zero-order valence-electron chi connectivity index (χ0n) is 16.1. The second-order valence-electron chi connectivity index (χ2n) is 7.72. The van der Waals surface area contributed by atoms with Gasteiger partial charge in [0.15, 0.2) is 0 Å². The van der Waals surface area contributed by atoms with Crippen LogP contribution >= 0.6 is 0 Å². The van der Waals surface area contributed by atoms with Gasteiger partial charge in [0.2, 0.25) is 5.88 Å². The third-order valence-corrected chi connectivity index (χ3v) is 5.77. The van der Waals surface area contributed by atoms with E-state index >= 15 is 0 Å². The number of nitrogens with zero attached hydrogens (tertiary/aromatic N) is 2. The molecule has 1 amide bonds. The van der Waals surface area contributed by atoms with Crippen LogP contribution in [0.5, 0.6) is 11.6 Å². The maximum Gasteiger partial charge on any atom is 0.417 e. The van der Waals surface area contributed by atoms with Gasteiger partial charge in [0.05, 0.1) is 17.8 Å². The fourth-order valence-corrected chi connectivity index (χ4v) is 4.07. The van der Waals surface area contributed by atoms with E-state index in [4.69, 9.17) is 14.6 Å². The van der Waals surface area contributed by atoms with Gasteiger partial charge in [0.25, 0.3) is 0 Å². The Hall–Kier alpha value is -2.81. The smallest absolute Gasteiger partial charge is 0.417 e. The van der Waals surface area contributed by atoms with Crippen molar-refractivity contribution in [1.82, 2.24) is 9.88 Å². The SMILES string of the molecule is O=C(O)N1CCC2(CC1)C[C@H](c1cccc(Oc3ccc(C(F)(F)F)cn3)c1)CO2. The van der Waals surface area contributed by atoms with Crippen molar-refractivity contribution >= 4 is 6.09 Å². The summed E-state index contributed by atoms with van der Waals surface area (Å²) in [7, 11) is 0. The monoisotopic (exact) mass is 422 g/mol. The van der Waals surface area contributed by atoms with Gasteiger partial charge in [-0.15, -0.1) is 0 Å². The third-order valence-electron chi connectivity index (χ3n) is 5.77. The number of rotatable bonds is 3. The fraction of sp³-hybridized carbons (Fsp3) is 0.429.